The van der Waals surface area contributed by atoms with Gasteiger partial charge in [-0.05, 0) is 40.0 Å². The number of nitrogens with one attached hydrogen (secondary N) is 1. The van der Waals surface area contributed by atoms with E-state index in [0.717, 1.165) is 12.8 Å². The second-order valence-corrected chi connectivity index (χ2v) is 7.55. The van der Waals surface area contributed by atoms with Crippen LogP contribution in [0.3, 0.4) is 0 Å². The molecule has 1 aromatic heterocycles. The summed E-state index contributed by atoms with van der Waals surface area (Å²) < 4.78 is 10.2. The average molecular weight is 385 g/mol. The Morgan fingerprint density at radius 2 is 2.00 bits per heavy atom. The molecule has 0 spiro atoms. The first-order valence-corrected chi connectivity index (χ1v) is 8.93. The van der Waals surface area contributed by atoms with Gasteiger partial charge in [0.05, 0.1) is 12.8 Å². The van der Waals surface area contributed by atoms with Crippen molar-refractivity contribution in [1.29, 1.82) is 0 Å². The predicted molar refractivity (Wildman–Crippen MR) is 97.5 cm³/mol. The number of anilines is 1. The van der Waals surface area contributed by atoms with Crippen molar-refractivity contribution in [3.05, 3.63) is 16.9 Å². The average Bonchev–Trinajstić information content (AvgIpc) is 2.78. The zero-order valence-corrected chi connectivity index (χ0v) is 16.3. The maximum Gasteiger partial charge on any atom is 0.410 e. The lowest BCUT2D eigenvalue weighted by Gasteiger charge is -2.26. The van der Waals surface area contributed by atoms with Crippen LogP contribution in [-0.4, -0.2) is 59.0 Å². The largest absolute Gasteiger partial charge is 0.464 e. The Bertz CT molecular complexity index is 663. The van der Waals surface area contributed by atoms with E-state index in [-0.39, 0.29) is 23.0 Å². The van der Waals surface area contributed by atoms with Crippen molar-refractivity contribution in [3.8, 4) is 0 Å². The fourth-order valence-corrected chi connectivity index (χ4v) is 2.84. The molecular formula is C17H25ClN4O4. The smallest absolute Gasteiger partial charge is 0.410 e. The number of carbonyl (C=O) groups is 2. The minimum Gasteiger partial charge on any atom is -0.464 e. The van der Waals surface area contributed by atoms with Gasteiger partial charge in [-0.15, -0.1) is 10.2 Å². The van der Waals surface area contributed by atoms with Gasteiger partial charge in [-0.1, -0.05) is 11.6 Å². The summed E-state index contributed by atoms with van der Waals surface area (Å²) in [6, 6.07) is 1.61. The van der Waals surface area contributed by atoms with Gasteiger partial charge < -0.3 is 19.7 Å². The summed E-state index contributed by atoms with van der Waals surface area (Å²) in [6.45, 7) is 6.74. The van der Waals surface area contributed by atoms with Crippen molar-refractivity contribution < 1.29 is 19.1 Å². The number of rotatable bonds is 3. The van der Waals surface area contributed by atoms with Crippen LogP contribution >= 0.6 is 11.6 Å². The highest BCUT2D eigenvalue weighted by Crippen LogP contribution is 2.22. The fourth-order valence-electron chi connectivity index (χ4n) is 2.70. The fraction of sp³-hybridized carbons (Fsp3) is 0.647. The lowest BCUT2D eigenvalue weighted by atomic mass is 10.1. The van der Waals surface area contributed by atoms with Gasteiger partial charge >= 0.3 is 12.1 Å². The van der Waals surface area contributed by atoms with Crippen molar-refractivity contribution in [3.63, 3.8) is 0 Å². The molecule has 0 saturated carbocycles. The molecule has 1 atom stereocenters. The Balaban J connectivity index is 2.03. The Morgan fingerprint density at radius 3 is 2.65 bits per heavy atom. The van der Waals surface area contributed by atoms with Crippen molar-refractivity contribution in [2.24, 2.45) is 0 Å². The minimum atomic E-state index is -0.583. The molecule has 1 aliphatic rings. The lowest BCUT2D eigenvalue weighted by molar-refractivity contribution is 0.0256. The summed E-state index contributed by atoms with van der Waals surface area (Å²) in [6.07, 6.45) is 2.05. The number of ether oxygens (including phenoxy) is 2. The van der Waals surface area contributed by atoms with Crippen LogP contribution in [0.15, 0.2) is 6.07 Å². The van der Waals surface area contributed by atoms with Gasteiger partial charge in [0, 0.05) is 25.2 Å². The molecule has 144 valence electrons. The Hall–Kier alpha value is -2.09. The standard InChI is InChI=1S/C17H25ClN4O4/c1-17(2,3)26-16(24)22-8-5-6-11(7-9-22)19-12-10-13(18)20-21-14(12)15(23)25-4/h10-11H,5-9H2,1-4H3,(H,19,20). The number of hydrogen-bond donors (Lipinski definition) is 1. The second-order valence-electron chi connectivity index (χ2n) is 7.16. The molecule has 0 aromatic carbocycles. The molecule has 0 aliphatic carbocycles. The molecule has 26 heavy (non-hydrogen) atoms. The van der Waals surface area contributed by atoms with E-state index in [0.29, 0.717) is 25.2 Å². The lowest BCUT2D eigenvalue weighted by Crippen LogP contribution is -2.37. The Morgan fingerprint density at radius 1 is 1.27 bits per heavy atom. The van der Waals surface area contributed by atoms with Gasteiger partial charge in [0.1, 0.15) is 5.60 Å². The summed E-state index contributed by atoms with van der Waals surface area (Å²) in [4.78, 5) is 25.8. The highest BCUT2D eigenvalue weighted by molar-refractivity contribution is 6.29. The van der Waals surface area contributed by atoms with E-state index < -0.39 is 11.6 Å². The SMILES string of the molecule is COC(=O)c1nnc(Cl)cc1NC1CCCN(C(=O)OC(C)(C)C)CC1. The third kappa shape index (κ3) is 5.72. The zero-order valence-electron chi connectivity index (χ0n) is 15.5. The van der Waals surface area contributed by atoms with Crippen LogP contribution in [0.4, 0.5) is 10.5 Å². The van der Waals surface area contributed by atoms with Crippen LogP contribution in [0.5, 0.6) is 0 Å². The molecule has 1 fully saturated rings. The minimum absolute atomic E-state index is 0.0612. The Labute approximate surface area is 158 Å². The molecule has 8 nitrogen and oxygen atoms in total. The molecule has 1 amide bonds. The summed E-state index contributed by atoms with van der Waals surface area (Å²) in [5.74, 6) is -0.583. The van der Waals surface area contributed by atoms with Crippen LogP contribution in [-0.2, 0) is 9.47 Å². The molecule has 2 rings (SSSR count). The molecule has 1 N–H and O–H groups in total. The number of aromatic nitrogens is 2. The molecular weight excluding hydrogens is 360 g/mol. The van der Waals surface area contributed by atoms with Crippen LogP contribution in [0.25, 0.3) is 0 Å². The third-order valence-corrected chi connectivity index (χ3v) is 4.07. The van der Waals surface area contributed by atoms with Crippen molar-refractivity contribution in [2.75, 3.05) is 25.5 Å². The first kappa shape index (κ1) is 20.2. The molecule has 0 radical (unpaired) electrons. The van der Waals surface area contributed by atoms with Crippen LogP contribution in [0.1, 0.15) is 50.5 Å². The van der Waals surface area contributed by atoms with E-state index >= 15 is 0 Å². The first-order valence-electron chi connectivity index (χ1n) is 8.55. The van der Waals surface area contributed by atoms with Gasteiger partial charge in [0.25, 0.3) is 0 Å². The number of methoxy groups -OCH3 is 1. The number of carbonyl (C=O) groups excluding carboxylic acids is 2. The molecule has 2 heterocycles. The van der Waals surface area contributed by atoms with Crippen molar-refractivity contribution in [1.82, 2.24) is 15.1 Å². The van der Waals surface area contributed by atoms with Gasteiger partial charge in [0.15, 0.2) is 10.8 Å². The summed E-state index contributed by atoms with van der Waals surface area (Å²) in [5, 5.41) is 11.0. The van der Waals surface area contributed by atoms with Crippen molar-refractivity contribution in [2.45, 2.75) is 51.7 Å². The summed E-state index contributed by atoms with van der Waals surface area (Å²) in [7, 11) is 1.28. The first-order chi connectivity index (χ1) is 12.2. The zero-order chi connectivity index (χ0) is 19.3. The number of amides is 1. The topological polar surface area (TPSA) is 93.6 Å². The van der Waals surface area contributed by atoms with Crippen LogP contribution < -0.4 is 5.32 Å². The highest BCUT2D eigenvalue weighted by Gasteiger charge is 2.26. The molecule has 1 unspecified atom stereocenters. The molecule has 0 bridgehead atoms. The van der Waals surface area contributed by atoms with Crippen LogP contribution in [0, 0.1) is 0 Å². The van der Waals surface area contributed by atoms with Gasteiger partial charge in [-0.25, -0.2) is 9.59 Å². The molecule has 1 saturated heterocycles. The van der Waals surface area contributed by atoms with E-state index in [4.69, 9.17) is 21.1 Å². The number of esters is 1. The summed E-state index contributed by atoms with van der Waals surface area (Å²) in [5.41, 5.74) is 0.0494. The molecule has 1 aromatic rings. The monoisotopic (exact) mass is 384 g/mol. The van der Waals surface area contributed by atoms with E-state index in [1.165, 1.54) is 7.11 Å². The number of hydrogen-bond acceptors (Lipinski definition) is 7. The van der Waals surface area contributed by atoms with Gasteiger partial charge in [-0.3, -0.25) is 0 Å². The molecule has 1 aliphatic heterocycles. The maximum atomic E-state index is 12.2. The number of likely N-dealkylation sites (tertiary alicyclic amines) is 1. The van der Waals surface area contributed by atoms with E-state index in [1.807, 2.05) is 20.8 Å². The third-order valence-electron chi connectivity index (χ3n) is 3.88. The van der Waals surface area contributed by atoms with E-state index in [1.54, 1.807) is 11.0 Å². The van der Waals surface area contributed by atoms with Gasteiger partial charge in [-0.2, -0.15) is 0 Å². The number of nitrogens with zero attached hydrogens (tertiary/aromatic N) is 3. The van der Waals surface area contributed by atoms with Gasteiger partial charge in [0.2, 0.25) is 0 Å². The Kier molecular flexibility index (Phi) is 6.63. The second kappa shape index (κ2) is 8.53. The van der Waals surface area contributed by atoms with E-state index in [9.17, 15) is 9.59 Å². The maximum absolute atomic E-state index is 12.2. The van der Waals surface area contributed by atoms with Crippen LogP contribution in [0.2, 0.25) is 5.15 Å². The van der Waals surface area contributed by atoms with E-state index in [2.05, 4.69) is 15.5 Å². The normalized spacial score (nSPS) is 18.0. The molecule has 9 heteroatoms. The number of halogens is 1. The quantitative estimate of drug-likeness (QED) is 0.800. The predicted octanol–water partition coefficient (Wildman–Crippen LogP) is 3.12. The van der Waals surface area contributed by atoms with Crippen molar-refractivity contribution >= 4 is 29.4 Å². The highest BCUT2D eigenvalue weighted by atomic mass is 35.5. The summed E-state index contributed by atoms with van der Waals surface area (Å²) >= 11 is 5.91.